The van der Waals surface area contributed by atoms with Gasteiger partial charge in [-0.2, -0.15) is 0 Å². The number of nitrogens with one attached hydrogen (secondary N) is 1. The molecule has 0 aliphatic rings. The summed E-state index contributed by atoms with van der Waals surface area (Å²) in [5.41, 5.74) is 1.30. The van der Waals surface area contributed by atoms with E-state index in [0.29, 0.717) is 34.1 Å². The average Bonchev–Trinajstić information content (AvgIpc) is 3.40. The van der Waals surface area contributed by atoms with Crippen LogP contribution in [0.4, 0.5) is 5.00 Å². The first-order valence-electron chi connectivity index (χ1n) is 11.2. The predicted molar refractivity (Wildman–Crippen MR) is 136 cm³/mol. The number of thiophene rings is 1. The fourth-order valence-electron chi connectivity index (χ4n) is 3.02. The molecule has 2 aromatic heterocycles. The smallest absolute Gasteiger partial charge is 0.341 e. The lowest BCUT2D eigenvalue weighted by molar-refractivity contribution is -0.113. The number of ether oxygens (including phenoxy) is 2. The molecule has 1 amide bonds. The Hall–Kier alpha value is -2.85. The lowest BCUT2D eigenvalue weighted by Gasteiger charge is -2.09. The highest BCUT2D eigenvalue weighted by molar-refractivity contribution is 7.99. The number of amides is 1. The standard InChI is InChI=1S/C24H30N4O4S2/c1-6-18-12-19(23(30)31-7-2)22(34-18)25-20(29)14-33-24-27-26-21(28(24)5)16-8-10-17(11-9-16)32-13-15(3)4/h8-12,15H,6-7,13-14H2,1-5H3,(H,25,29). The van der Waals surface area contributed by atoms with Crippen molar-refractivity contribution in [3.8, 4) is 17.1 Å². The van der Waals surface area contributed by atoms with Gasteiger partial charge in [0.1, 0.15) is 10.8 Å². The first-order valence-corrected chi connectivity index (χ1v) is 13.0. The number of benzene rings is 1. The van der Waals surface area contributed by atoms with Crippen LogP contribution in [0.5, 0.6) is 5.75 Å². The largest absolute Gasteiger partial charge is 0.493 e. The molecule has 0 fully saturated rings. The Kier molecular flexibility index (Phi) is 9.12. The average molecular weight is 503 g/mol. The molecule has 0 spiro atoms. The van der Waals surface area contributed by atoms with Crippen molar-refractivity contribution in [3.05, 3.63) is 40.8 Å². The summed E-state index contributed by atoms with van der Waals surface area (Å²) in [5.74, 6) is 1.45. The Morgan fingerprint density at radius 1 is 1.18 bits per heavy atom. The van der Waals surface area contributed by atoms with Crippen LogP contribution in [-0.4, -0.2) is 45.6 Å². The van der Waals surface area contributed by atoms with Crippen molar-refractivity contribution in [1.82, 2.24) is 14.8 Å². The van der Waals surface area contributed by atoms with Crippen LogP contribution in [0.25, 0.3) is 11.4 Å². The lowest BCUT2D eigenvalue weighted by Crippen LogP contribution is -2.16. The molecule has 1 aromatic carbocycles. The molecule has 182 valence electrons. The van der Waals surface area contributed by atoms with Crippen LogP contribution < -0.4 is 10.1 Å². The zero-order chi connectivity index (χ0) is 24.7. The summed E-state index contributed by atoms with van der Waals surface area (Å²) in [5, 5.41) is 12.5. The number of aryl methyl sites for hydroxylation is 1. The maximum atomic E-state index is 12.6. The van der Waals surface area contributed by atoms with Gasteiger partial charge in [-0.05, 0) is 49.6 Å². The minimum absolute atomic E-state index is 0.135. The topological polar surface area (TPSA) is 95.3 Å². The highest BCUT2D eigenvalue weighted by atomic mass is 32.2. The quantitative estimate of drug-likeness (QED) is 0.290. The Labute approximate surface area is 208 Å². The van der Waals surface area contributed by atoms with Crippen molar-refractivity contribution in [2.24, 2.45) is 13.0 Å². The van der Waals surface area contributed by atoms with Crippen molar-refractivity contribution in [3.63, 3.8) is 0 Å². The van der Waals surface area contributed by atoms with Gasteiger partial charge in [-0.25, -0.2) is 4.79 Å². The molecule has 34 heavy (non-hydrogen) atoms. The number of aromatic nitrogens is 3. The number of hydrogen-bond acceptors (Lipinski definition) is 8. The van der Waals surface area contributed by atoms with Gasteiger partial charge in [0.2, 0.25) is 5.91 Å². The lowest BCUT2D eigenvalue weighted by atomic mass is 10.2. The Balaban J connectivity index is 1.62. The number of nitrogens with zero attached hydrogens (tertiary/aromatic N) is 3. The van der Waals surface area contributed by atoms with E-state index >= 15 is 0 Å². The summed E-state index contributed by atoms with van der Waals surface area (Å²) < 4.78 is 12.7. The fraction of sp³-hybridized carbons (Fsp3) is 0.417. The molecule has 0 unspecified atom stereocenters. The molecule has 10 heteroatoms. The van der Waals surface area contributed by atoms with Gasteiger partial charge < -0.3 is 19.4 Å². The molecule has 3 rings (SSSR count). The van der Waals surface area contributed by atoms with Crippen LogP contribution in [0.2, 0.25) is 0 Å². The van der Waals surface area contributed by atoms with Crippen LogP contribution in [0, 0.1) is 5.92 Å². The third-order valence-corrected chi connectivity index (χ3v) is 6.96. The van der Waals surface area contributed by atoms with Gasteiger partial charge in [-0.3, -0.25) is 4.79 Å². The number of thioether (sulfide) groups is 1. The molecule has 2 heterocycles. The number of carbonyl (C=O) groups is 2. The molecule has 0 aliphatic heterocycles. The zero-order valence-corrected chi connectivity index (χ0v) is 21.7. The van der Waals surface area contributed by atoms with E-state index < -0.39 is 5.97 Å². The molecular weight excluding hydrogens is 472 g/mol. The van der Waals surface area contributed by atoms with E-state index in [2.05, 4.69) is 29.4 Å². The number of carbonyl (C=O) groups excluding carboxylic acids is 2. The maximum Gasteiger partial charge on any atom is 0.341 e. The fourth-order valence-corrected chi connectivity index (χ4v) is 4.73. The number of anilines is 1. The SMILES string of the molecule is CCOC(=O)c1cc(CC)sc1NC(=O)CSc1nnc(-c2ccc(OCC(C)C)cc2)n1C. The second-order valence-corrected chi connectivity index (χ2v) is 10.0. The molecule has 0 saturated carbocycles. The molecular formula is C24H30N4O4S2. The second-order valence-electron chi connectivity index (χ2n) is 7.96. The maximum absolute atomic E-state index is 12.6. The van der Waals surface area contributed by atoms with E-state index in [-0.39, 0.29) is 18.3 Å². The van der Waals surface area contributed by atoms with Gasteiger partial charge in [0.15, 0.2) is 11.0 Å². The van der Waals surface area contributed by atoms with Crippen molar-refractivity contribution < 1.29 is 19.1 Å². The molecule has 1 N–H and O–H groups in total. The van der Waals surface area contributed by atoms with E-state index in [0.717, 1.165) is 22.6 Å². The van der Waals surface area contributed by atoms with Gasteiger partial charge in [0.25, 0.3) is 0 Å². The first kappa shape index (κ1) is 25.8. The summed E-state index contributed by atoms with van der Waals surface area (Å²) in [7, 11) is 1.87. The number of rotatable bonds is 11. The molecule has 0 atom stereocenters. The normalized spacial score (nSPS) is 11.0. The molecule has 3 aromatic rings. The van der Waals surface area contributed by atoms with E-state index in [9.17, 15) is 9.59 Å². The summed E-state index contributed by atoms with van der Waals surface area (Å²) in [4.78, 5) is 25.8. The minimum atomic E-state index is -0.431. The van der Waals surface area contributed by atoms with Gasteiger partial charge in [0.05, 0.1) is 24.5 Å². The summed E-state index contributed by atoms with van der Waals surface area (Å²) in [6, 6.07) is 9.50. The molecule has 8 nitrogen and oxygen atoms in total. The molecule has 0 bridgehead atoms. The van der Waals surface area contributed by atoms with E-state index in [1.165, 1.54) is 23.1 Å². The van der Waals surface area contributed by atoms with Crippen LogP contribution in [0.3, 0.4) is 0 Å². The number of esters is 1. The van der Waals surface area contributed by atoms with Gasteiger partial charge >= 0.3 is 5.97 Å². The van der Waals surface area contributed by atoms with Gasteiger partial charge in [-0.15, -0.1) is 21.5 Å². The molecule has 0 radical (unpaired) electrons. The van der Waals surface area contributed by atoms with Crippen molar-refractivity contribution in [2.45, 2.75) is 39.3 Å². The monoisotopic (exact) mass is 502 g/mol. The zero-order valence-electron chi connectivity index (χ0n) is 20.1. The minimum Gasteiger partial charge on any atom is -0.493 e. The summed E-state index contributed by atoms with van der Waals surface area (Å²) in [6.45, 7) is 8.91. The van der Waals surface area contributed by atoms with Crippen molar-refractivity contribution in [2.75, 3.05) is 24.3 Å². The van der Waals surface area contributed by atoms with Crippen LogP contribution >= 0.6 is 23.1 Å². The Morgan fingerprint density at radius 2 is 1.91 bits per heavy atom. The van der Waals surface area contributed by atoms with Crippen molar-refractivity contribution >= 4 is 40.0 Å². The summed E-state index contributed by atoms with van der Waals surface area (Å²) in [6.07, 6.45) is 0.772. The molecule has 0 aliphatic carbocycles. The Morgan fingerprint density at radius 3 is 2.56 bits per heavy atom. The highest BCUT2D eigenvalue weighted by Gasteiger charge is 2.19. The predicted octanol–water partition coefficient (Wildman–Crippen LogP) is 5.05. The van der Waals surface area contributed by atoms with Gasteiger partial charge in [-0.1, -0.05) is 32.5 Å². The van der Waals surface area contributed by atoms with E-state index in [1.54, 1.807) is 13.0 Å². The van der Waals surface area contributed by atoms with E-state index in [4.69, 9.17) is 9.47 Å². The third-order valence-electron chi connectivity index (χ3n) is 4.74. The Bertz CT molecular complexity index is 1120. The van der Waals surface area contributed by atoms with E-state index in [1.807, 2.05) is 42.8 Å². The van der Waals surface area contributed by atoms with Crippen molar-refractivity contribution in [1.29, 1.82) is 0 Å². The van der Waals surface area contributed by atoms with Gasteiger partial charge in [0, 0.05) is 17.5 Å². The van der Waals surface area contributed by atoms with Crippen LogP contribution in [0.15, 0.2) is 35.5 Å². The summed E-state index contributed by atoms with van der Waals surface area (Å²) >= 11 is 2.67. The van der Waals surface area contributed by atoms with Crippen LogP contribution in [0.1, 0.15) is 42.9 Å². The molecule has 0 saturated heterocycles. The van der Waals surface area contributed by atoms with Crippen LogP contribution in [-0.2, 0) is 23.0 Å². The highest BCUT2D eigenvalue weighted by Crippen LogP contribution is 2.30. The second kappa shape index (κ2) is 12.0. The third kappa shape index (κ3) is 6.60. The first-order chi connectivity index (χ1) is 16.3. The number of hydrogen-bond donors (Lipinski definition) is 1.